The van der Waals surface area contributed by atoms with Gasteiger partial charge in [-0.1, -0.05) is 79.1 Å². The van der Waals surface area contributed by atoms with Gasteiger partial charge in [-0.05, 0) is 18.9 Å². The van der Waals surface area contributed by atoms with E-state index in [9.17, 15) is 0 Å². The number of nitrogens with one attached hydrogen (secondary N) is 1. The molecule has 0 aliphatic rings. The molecule has 0 saturated heterocycles. The lowest BCUT2D eigenvalue weighted by molar-refractivity contribution is -0.0118. The Morgan fingerprint density at radius 1 is 0.900 bits per heavy atom. The van der Waals surface area contributed by atoms with E-state index in [-0.39, 0.29) is 11.5 Å². The van der Waals surface area contributed by atoms with Crippen molar-refractivity contribution in [2.45, 2.75) is 97.6 Å². The van der Waals surface area contributed by atoms with Crippen molar-refractivity contribution in [2.24, 2.45) is 5.41 Å². The average molecular weight is 286 g/mol. The van der Waals surface area contributed by atoms with Crippen LogP contribution in [0.5, 0.6) is 0 Å². The highest BCUT2D eigenvalue weighted by atomic mass is 16.5. The van der Waals surface area contributed by atoms with Crippen LogP contribution in [-0.4, -0.2) is 26.3 Å². The summed E-state index contributed by atoms with van der Waals surface area (Å²) in [6.45, 7) is 9.07. The standard InChI is InChI=1S/C18H39NO/c1-7-8-9-10-11-12-13-14-15-16(19-5)17(20-6)18(2,3)4/h16-17,19H,7-15H2,1-6H3. The fourth-order valence-corrected chi connectivity index (χ4v) is 3.07. The highest BCUT2D eigenvalue weighted by Crippen LogP contribution is 2.26. The maximum absolute atomic E-state index is 5.73. The van der Waals surface area contributed by atoms with Gasteiger partial charge in [0.25, 0.3) is 0 Å². The molecule has 2 unspecified atom stereocenters. The third kappa shape index (κ3) is 8.97. The molecular weight excluding hydrogens is 246 g/mol. The monoisotopic (exact) mass is 285 g/mol. The van der Waals surface area contributed by atoms with Crippen molar-refractivity contribution >= 4 is 0 Å². The van der Waals surface area contributed by atoms with Crippen LogP contribution in [0.1, 0.15) is 85.5 Å². The molecular formula is C18H39NO. The summed E-state index contributed by atoms with van der Waals surface area (Å²) in [5.74, 6) is 0. The minimum Gasteiger partial charge on any atom is -0.379 e. The van der Waals surface area contributed by atoms with Crippen LogP contribution in [0.25, 0.3) is 0 Å². The van der Waals surface area contributed by atoms with Crippen molar-refractivity contribution in [2.75, 3.05) is 14.2 Å². The Labute approximate surface area is 128 Å². The first kappa shape index (κ1) is 19.9. The molecule has 0 bridgehead atoms. The van der Waals surface area contributed by atoms with Crippen LogP contribution in [0.3, 0.4) is 0 Å². The van der Waals surface area contributed by atoms with Crippen molar-refractivity contribution < 1.29 is 4.74 Å². The van der Waals surface area contributed by atoms with Gasteiger partial charge in [0.05, 0.1) is 6.10 Å². The zero-order valence-electron chi connectivity index (χ0n) is 14.9. The molecule has 0 amide bonds. The quantitative estimate of drug-likeness (QED) is 0.500. The molecule has 0 spiro atoms. The van der Waals surface area contributed by atoms with Crippen LogP contribution in [0.15, 0.2) is 0 Å². The molecule has 0 saturated carbocycles. The second-order valence-electron chi connectivity index (χ2n) is 7.18. The Morgan fingerprint density at radius 3 is 1.80 bits per heavy atom. The fraction of sp³-hybridized carbons (Fsp3) is 1.00. The van der Waals surface area contributed by atoms with Gasteiger partial charge in [-0.2, -0.15) is 0 Å². The summed E-state index contributed by atoms with van der Waals surface area (Å²) in [7, 11) is 3.90. The van der Waals surface area contributed by atoms with Gasteiger partial charge in [-0.25, -0.2) is 0 Å². The van der Waals surface area contributed by atoms with Gasteiger partial charge in [-0.15, -0.1) is 0 Å². The van der Waals surface area contributed by atoms with Crippen LogP contribution in [0, 0.1) is 5.41 Å². The van der Waals surface area contributed by atoms with Crippen LogP contribution in [0.2, 0.25) is 0 Å². The molecule has 2 heteroatoms. The molecule has 0 aromatic heterocycles. The van der Waals surface area contributed by atoms with E-state index in [1.165, 1.54) is 57.8 Å². The Hall–Kier alpha value is -0.0800. The van der Waals surface area contributed by atoms with E-state index in [1.54, 1.807) is 0 Å². The van der Waals surface area contributed by atoms with Gasteiger partial charge in [0.2, 0.25) is 0 Å². The molecule has 0 aromatic carbocycles. The number of likely N-dealkylation sites (N-methyl/N-ethyl adjacent to an activating group) is 1. The van der Waals surface area contributed by atoms with E-state index in [2.05, 4.69) is 40.1 Å². The number of methoxy groups -OCH3 is 1. The second-order valence-corrected chi connectivity index (χ2v) is 7.18. The molecule has 0 aliphatic carbocycles. The molecule has 1 N–H and O–H groups in total. The largest absolute Gasteiger partial charge is 0.379 e. The molecule has 0 aliphatic heterocycles. The summed E-state index contributed by atoms with van der Waals surface area (Å²) in [6, 6.07) is 0.472. The Bertz CT molecular complexity index is 210. The Kier molecular flexibility index (Phi) is 11.5. The lowest BCUT2D eigenvalue weighted by Crippen LogP contribution is -2.46. The molecule has 0 fully saturated rings. The molecule has 0 aromatic rings. The van der Waals surface area contributed by atoms with Gasteiger partial charge in [-0.3, -0.25) is 0 Å². The van der Waals surface area contributed by atoms with Crippen molar-refractivity contribution in [3.8, 4) is 0 Å². The summed E-state index contributed by atoms with van der Waals surface area (Å²) >= 11 is 0. The van der Waals surface area contributed by atoms with Crippen LogP contribution in [-0.2, 0) is 4.74 Å². The number of unbranched alkanes of at least 4 members (excludes halogenated alkanes) is 7. The van der Waals surface area contributed by atoms with Crippen LogP contribution >= 0.6 is 0 Å². The van der Waals surface area contributed by atoms with Gasteiger partial charge in [0, 0.05) is 13.2 Å². The summed E-state index contributed by atoms with van der Waals surface area (Å²) in [4.78, 5) is 0. The smallest absolute Gasteiger partial charge is 0.0772 e. The molecule has 0 radical (unpaired) electrons. The first-order chi connectivity index (χ1) is 9.47. The lowest BCUT2D eigenvalue weighted by Gasteiger charge is -2.36. The summed E-state index contributed by atoms with van der Waals surface area (Å²) in [5.41, 5.74) is 0.197. The molecule has 20 heavy (non-hydrogen) atoms. The maximum atomic E-state index is 5.73. The van der Waals surface area contributed by atoms with Crippen molar-refractivity contribution in [3.63, 3.8) is 0 Å². The summed E-state index contributed by atoms with van der Waals surface area (Å²) in [5, 5.41) is 3.45. The highest BCUT2D eigenvalue weighted by Gasteiger charge is 2.30. The zero-order chi connectivity index (χ0) is 15.4. The fourth-order valence-electron chi connectivity index (χ4n) is 3.07. The molecule has 0 heterocycles. The number of rotatable bonds is 12. The number of hydrogen-bond donors (Lipinski definition) is 1. The van der Waals surface area contributed by atoms with E-state index in [0.29, 0.717) is 6.04 Å². The van der Waals surface area contributed by atoms with Crippen molar-refractivity contribution in [1.82, 2.24) is 5.32 Å². The van der Waals surface area contributed by atoms with E-state index in [4.69, 9.17) is 4.74 Å². The Morgan fingerprint density at radius 2 is 1.40 bits per heavy atom. The minimum absolute atomic E-state index is 0.197. The van der Waals surface area contributed by atoms with Crippen molar-refractivity contribution in [3.05, 3.63) is 0 Å². The van der Waals surface area contributed by atoms with Gasteiger partial charge < -0.3 is 10.1 Å². The van der Waals surface area contributed by atoms with E-state index >= 15 is 0 Å². The van der Waals surface area contributed by atoms with Crippen LogP contribution < -0.4 is 5.32 Å². The highest BCUT2D eigenvalue weighted by molar-refractivity contribution is 4.85. The average Bonchev–Trinajstić information content (AvgIpc) is 2.39. The van der Waals surface area contributed by atoms with Crippen LogP contribution in [0.4, 0.5) is 0 Å². The topological polar surface area (TPSA) is 21.3 Å². The predicted molar refractivity (Wildman–Crippen MR) is 90.3 cm³/mol. The van der Waals surface area contributed by atoms with E-state index < -0.39 is 0 Å². The summed E-state index contributed by atoms with van der Waals surface area (Å²) < 4.78 is 5.73. The van der Waals surface area contributed by atoms with Gasteiger partial charge in [0.15, 0.2) is 0 Å². The molecule has 2 nitrogen and oxygen atoms in total. The number of hydrogen-bond acceptors (Lipinski definition) is 2. The molecule has 0 rings (SSSR count). The van der Waals surface area contributed by atoms with E-state index in [1.807, 2.05) is 7.11 Å². The maximum Gasteiger partial charge on any atom is 0.0772 e. The number of ether oxygens (including phenoxy) is 1. The molecule has 122 valence electrons. The minimum atomic E-state index is 0.197. The predicted octanol–water partition coefficient (Wildman–Crippen LogP) is 5.17. The van der Waals surface area contributed by atoms with Crippen molar-refractivity contribution in [1.29, 1.82) is 0 Å². The van der Waals surface area contributed by atoms with E-state index in [0.717, 1.165) is 0 Å². The van der Waals surface area contributed by atoms with Gasteiger partial charge >= 0.3 is 0 Å². The third-order valence-electron chi connectivity index (χ3n) is 4.21. The first-order valence-electron chi connectivity index (χ1n) is 8.67. The zero-order valence-corrected chi connectivity index (χ0v) is 14.9. The second kappa shape index (κ2) is 11.6. The molecule has 2 atom stereocenters. The van der Waals surface area contributed by atoms with Gasteiger partial charge in [0.1, 0.15) is 0 Å². The normalized spacial score (nSPS) is 15.3. The Balaban J connectivity index is 3.79. The SMILES string of the molecule is CCCCCCCCCCC(NC)C(OC)C(C)(C)C. The first-order valence-corrected chi connectivity index (χ1v) is 8.67. The summed E-state index contributed by atoms with van der Waals surface area (Å²) in [6.07, 6.45) is 12.6. The third-order valence-corrected chi connectivity index (χ3v) is 4.21. The lowest BCUT2D eigenvalue weighted by atomic mass is 9.82.